The molecular formula is C28H29N3O4. The van der Waals surface area contributed by atoms with Crippen LogP contribution in [0, 0.1) is 0 Å². The van der Waals surface area contributed by atoms with Crippen LogP contribution in [-0.2, 0) is 4.79 Å². The van der Waals surface area contributed by atoms with E-state index in [0.717, 1.165) is 17.7 Å². The van der Waals surface area contributed by atoms with E-state index in [1.54, 1.807) is 36.4 Å². The lowest BCUT2D eigenvalue weighted by molar-refractivity contribution is -0.116. The molecule has 4 N–H and O–H groups in total. The molecule has 0 bridgehead atoms. The number of ketones is 1. The zero-order valence-corrected chi connectivity index (χ0v) is 19.6. The Balaban J connectivity index is 1.58. The van der Waals surface area contributed by atoms with Crippen molar-refractivity contribution >= 4 is 23.1 Å². The van der Waals surface area contributed by atoms with Crippen LogP contribution in [0.2, 0.25) is 0 Å². The largest absolute Gasteiger partial charge is 0.505 e. The summed E-state index contributed by atoms with van der Waals surface area (Å²) in [7, 11) is 0. The first-order valence-electron chi connectivity index (χ1n) is 11.7. The van der Waals surface area contributed by atoms with Gasteiger partial charge in [-0.15, -0.1) is 0 Å². The van der Waals surface area contributed by atoms with E-state index in [-0.39, 0.29) is 48.4 Å². The average molecular weight is 472 g/mol. The zero-order chi connectivity index (χ0) is 24.8. The molecule has 1 atom stereocenters. The highest BCUT2D eigenvalue weighted by Gasteiger charge is 2.30. The van der Waals surface area contributed by atoms with Gasteiger partial charge in [-0.25, -0.2) is 0 Å². The Labute approximate surface area is 204 Å². The molecule has 180 valence electrons. The lowest BCUT2D eigenvalue weighted by atomic mass is 9.95. The lowest BCUT2D eigenvalue weighted by Crippen LogP contribution is -2.35. The van der Waals surface area contributed by atoms with E-state index in [9.17, 15) is 19.8 Å². The van der Waals surface area contributed by atoms with Gasteiger partial charge >= 0.3 is 0 Å². The number of carbonyl (C=O) groups excluding carboxylic acids is 2. The van der Waals surface area contributed by atoms with Gasteiger partial charge < -0.3 is 25.7 Å². The van der Waals surface area contributed by atoms with E-state index < -0.39 is 5.91 Å². The maximum atomic E-state index is 13.3. The van der Waals surface area contributed by atoms with E-state index in [2.05, 4.69) is 17.6 Å². The number of allylic oxidation sites excluding steroid dienone is 2. The maximum Gasteiger partial charge on any atom is 0.262 e. The van der Waals surface area contributed by atoms with Gasteiger partial charge in [-0.3, -0.25) is 9.59 Å². The number of aliphatic hydroxyl groups excluding tert-OH is 1. The smallest absolute Gasteiger partial charge is 0.262 e. The molecule has 0 unspecified atom stereocenters. The molecule has 7 nitrogen and oxygen atoms in total. The topological polar surface area (TPSA) is 102 Å². The Kier molecular flexibility index (Phi) is 7.48. The van der Waals surface area contributed by atoms with Gasteiger partial charge in [-0.2, -0.15) is 0 Å². The van der Waals surface area contributed by atoms with Crippen molar-refractivity contribution in [1.82, 2.24) is 5.32 Å². The van der Waals surface area contributed by atoms with Gasteiger partial charge in [0.1, 0.15) is 5.70 Å². The number of benzene rings is 3. The highest BCUT2D eigenvalue weighted by atomic mass is 16.3. The Morgan fingerprint density at radius 2 is 1.69 bits per heavy atom. The minimum Gasteiger partial charge on any atom is -0.505 e. The zero-order valence-electron chi connectivity index (χ0n) is 19.6. The monoisotopic (exact) mass is 471 g/mol. The van der Waals surface area contributed by atoms with Crippen molar-refractivity contribution in [2.24, 2.45) is 0 Å². The Hall–Kier alpha value is -4.10. The summed E-state index contributed by atoms with van der Waals surface area (Å²) in [6, 6.07) is 23.8. The molecule has 1 amide bonds. The number of hydrogen-bond acceptors (Lipinski definition) is 6. The maximum absolute atomic E-state index is 13.3. The van der Waals surface area contributed by atoms with Crippen LogP contribution in [0.3, 0.4) is 0 Å². The SMILES string of the molecule is CC[C@@H](NC1=C(Nc2cccc(C(=O)N(CCO)c3ccccc3)c2O)C(=O)C1)c1ccccc1. The van der Waals surface area contributed by atoms with Crippen molar-refractivity contribution in [2.75, 3.05) is 23.4 Å². The highest BCUT2D eigenvalue weighted by molar-refractivity contribution is 6.10. The van der Waals surface area contributed by atoms with Crippen LogP contribution in [0.5, 0.6) is 5.75 Å². The van der Waals surface area contributed by atoms with Gasteiger partial charge in [0.05, 0.1) is 30.3 Å². The van der Waals surface area contributed by atoms with Gasteiger partial charge in [0, 0.05) is 17.9 Å². The molecule has 0 saturated carbocycles. The third-order valence-corrected chi connectivity index (χ3v) is 6.04. The summed E-state index contributed by atoms with van der Waals surface area (Å²) in [5, 5.41) is 26.9. The molecule has 4 rings (SSSR count). The minimum atomic E-state index is -0.450. The number of aromatic hydroxyl groups is 1. The Morgan fingerprint density at radius 1 is 1.00 bits per heavy atom. The summed E-state index contributed by atoms with van der Waals surface area (Å²) in [5.41, 5.74) is 3.23. The minimum absolute atomic E-state index is 0.0514. The Bertz CT molecular complexity index is 1230. The fourth-order valence-corrected chi connectivity index (χ4v) is 4.14. The van der Waals surface area contributed by atoms with Crippen LogP contribution in [0.15, 0.2) is 90.3 Å². The number of hydrogen-bond donors (Lipinski definition) is 4. The summed E-state index contributed by atoms with van der Waals surface area (Å²) in [6.45, 7) is 1.93. The van der Waals surface area contributed by atoms with Crippen molar-refractivity contribution in [3.05, 3.63) is 101 Å². The highest BCUT2D eigenvalue weighted by Crippen LogP contribution is 2.34. The second-order valence-corrected chi connectivity index (χ2v) is 8.31. The van der Waals surface area contributed by atoms with E-state index in [0.29, 0.717) is 11.4 Å². The molecular weight excluding hydrogens is 442 g/mol. The number of nitrogens with one attached hydrogen (secondary N) is 2. The average Bonchev–Trinajstić information content (AvgIpc) is 2.89. The molecule has 3 aromatic rings. The standard InChI is InChI=1S/C28H29N3O4/c1-2-22(19-10-5-3-6-11-19)29-24-18-25(33)26(24)30-23-15-9-14-21(27(23)34)28(35)31(16-17-32)20-12-7-4-8-13-20/h3-15,22,29-30,32,34H,2,16-18H2,1H3/t22-/m1/s1. The van der Waals surface area contributed by atoms with Crippen molar-refractivity contribution in [3.8, 4) is 5.75 Å². The summed E-state index contributed by atoms with van der Waals surface area (Å²) in [6.07, 6.45) is 1.12. The van der Waals surface area contributed by atoms with E-state index in [1.165, 1.54) is 11.0 Å². The van der Waals surface area contributed by atoms with Crippen LogP contribution < -0.4 is 15.5 Å². The van der Waals surface area contributed by atoms with Crippen LogP contribution in [0.1, 0.15) is 41.7 Å². The quantitative estimate of drug-likeness (QED) is 0.328. The number of rotatable bonds is 10. The second-order valence-electron chi connectivity index (χ2n) is 8.31. The van der Waals surface area contributed by atoms with E-state index in [1.807, 2.05) is 36.4 Å². The lowest BCUT2D eigenvalue weighted by Gasteiger charge is -2.29. The van der Waals surface area contributed by atoms with Crippen LogP contribution in [0.25, 0.3) is 0 Å². The number of carbonyl (C=O) groups is 2. The van der Waals surface area contributed by atoms with Gasteiger partial charge in [-0.05, 0) is 36.2 Å². The van der Waals surface area contributed by atoms with Gasteiger partial charge in [-0.1, -0.05) is 61.5 Å². The third kappa shape index (κ3) is 5.20. The van der Waals surface area contributed by atoms with Crippen LogP contribution in [-0.4, -0.2) is 35.1 Å². The molecule has 0 aromatic heterocycles. The fraction of sp³-hybridized carbons (Fsp3) is 0.214. The molecule has 3 aromatic carbocycles. The predicted octanol–water partition coefficient (Wildman–Crippen LogP) is 4.37. The third-order valence-electron chi connectivity index (χ3n) is 6.04. The molecule has 0 fully saturated rings. The molecule has 7 heteroatoms. The number of amides is 1. The van der Waals surface area contributed by atoms with Gasteiger partial charge in [0.15, 0.2) is 11.5 Å². The van der Waals surface area contributed by atoms with E-state index in [4.69, 9.17) is 0 Å². The molecule has 0 heterocycles. The molecule has 0 spiro atoms. The first-order valence-corrected chi connectivity index (χ1v) is 11.7. The van der Waals surface area contributed by atoms with Crippen molar-refractivity contribution in [2.45, 2.75) is 25.8 Å². The molecule has 1 aliphatic carbocycles. The van der Waals surface area contributed by atoms with Crippen LogP contribution >= 0.6 is 0 Å². The van der Waals surface area contributed by atoms with Crippen molar-refractivity contribution < 1.29 is 19.8 Å². The van der Waals surface area contributed by atoms with Crippen molar-refractivity contribution in [1.29, 1.82) is 0 Å². The molecule has 35 heavy (non-hydrogen) atoms. The Morgan fingerprint density at radius 3 is 2.31 bits per heavy atom. The number of para-hydroxylation sites is 2. The number of phenolic OH excluding ortho intramolecular Hbond substituents is 1. The van der Waals surface area contributed by atoms with E-state index >= 15 is 0 Å². The summed E-state index contributed by atoms with van der Waals surface area (Å²) in [4.78, 5) is 27.1. The second kappa shape index (κ2) is 10.9. The first kappa shape index (κ1) is 24.0. The molecule has 0 saturated heterocycles. The summed E-state index contributed by atoms with van der Waals surface area (Å²) >= 11 is 0. The molecule has 1 aliphatic rings. The predicted molar refractivity (Wildman–Crippen MR) is 136 cm³/mol. The number of nitrogens with zero attached hydrogens (tertiary/aromatic N) is 1. The van der Waals surface area contributed by atoms with Crippen molar-refractivity contribution in [3.63, 3.8) is 0 Å². The normalized spacial score (nSPS) is 13.7. The molecule has 0 radical (unpaired) electrons. The number of phenols is 1. The first-order chi connectivity index (χ1) is 17.0. The number of anilines is 2. The molecule has 0 aliphatic heterocycles. The van der Waals surface area contributed by atoms with Gasteiger partial charge in [0.25, 0.3) is 5.91 Å². The number of Topliss-reactive ketones (excluding diaryl/α,β-unsaturated/α-hetero) is 1. The summed E-state index contributed by atoms with van der Waals surface area (Å²) < 4.78 is 0. The van der Waals surface area contributed by atoms with Crippen LogP contribution in [0.4, 0.5) is 11.4 Å². The number of aliphatic hydroxyl groups is 1. The fourth-order valence-electron chi connectivity index (χ4n) is 4.14. The summed E-state index contributed by atoms with van der Waals surface area (Å²) in [5.74, 6) is -0.774. The van der Waals surface area contributed by atoms with Gasteiger partial charge in [0.2, 0.25) is 0 Å².